The van der Waals surface area contributed by atoms with E-state index in [0.29, 0.717) is 38.6 Å². The average Bonchev–Trinajstić information content (AvgIpc) is 3.27. The molecule has 0 atom stereocenters. The molecule has 0 saturated heterocycles. The van der Waals surface area contributed by atoms with Gasteiger partial charge in [-0.1, -0.05) is 98.9 Å². The number of hydrogen-bond acceptors (Lipinski definition) is 1. The Morgan fingerprint density at radius 1 is 0.700 bits per heavy atom. The minimum absolute atomic E-state index is 0.0548. The SMILES string of the molecule is [2H]c1c([2H])c([2H])c(-c2cccc3oc4ccc(-c5c([2H])c([2H])c(C)c([2H])c5[2H])c(C(C)(C)C)c4c23)c([2H])c1[2H]. The van der Waals surface area contributed by atoms with Crippen molar-refractivity contribution in [2.45, 2.75) is 33.1 Å². The fourth-order valence-corrected chi connectivity index (χ4v) is 4.00. The van der Waals surface area contributed by atoms with Crippen molar-refractivity contribution in [3.63, 3.8) is 0 Å². The molecule has 1 heterocycles. The lowest BCUT2D eigenvalue weighted by molar-refractivity contribution is 0.596. The second kappa shape index (κ2) is 6.88. The van der Waals surface area contributed by atoms with Gasteiger partial charge < -0.3 is 4.42 Å². The van der Waals surface area contributed by atoms with Crippen LogP contribution in [-0.2, 0) is 5.41 Å². The highest BCUT2D eigenvalue weighted by atomic mass is 16.3. The van der Waals surface area contributed by atoms with Gasteiger partial charge in [0.2, 0.25) is 0 Å². The summed E-state index contributed by atoms with van der Waals surface area (Å²) in [6.07, 6.45) is 0. The summed E-state index contributed by atoms with van der Waals surface area (Å²) in [5, 5.41) is 1.19. The Bertz CT molecular complexity index is 1790. The molecule has 5 rings (SSSR count). The van der Waals surface area contributed by atoms with Gasteiger partial charge in [0, 0.05) is 10.8 Å². The van der Waals surface area contributed by atoms with Crippen molar-refractivity contribution in [1.82, 2.24) is 0 Å². The van der Waals surface area contributed by atoms with Gasteiger partial charge in [-0.2, -0.15) is 0 Å². The summed E-state index contributed by atoms with van der Waals surface area (Å²) >= 11 is 0. The van der Waals surface area contributed by atoms with Gasteiger partial charge in [-0.15, -0.1) is 0 Å². The van der Waals surface area contributed by atoms with Crippen LogP contribution in [0.4, 0.5) is 0 Å². The first-order valence-electron chi connectivity index (χ1n) is 14.3. The molecule has 0 aliphatic heterocycles. The van der Waals surface area contributed by atoms with Crippen molar-refractivity contribution in [3.8, 4) is 22.3 Å². The number of furan rings is 1. The third kappa shape index (κ3) is 3.02. The molecule has 0 radical (unpaired) electrons. The van der Waals surface area contributed by atoms with E-state index in [1.165, 1.54) is 0 Å². The van der Waals surface area contributed by atoms with Gasteiger partial charge in [-0.25, -0.2) is 0 Å². The van der Waals surface area contributed by atoms with E-state index in [0.717, 1.165) is 0 Å². The second-order valence-corrected chi connectivity index (χ2v) is 8.39. The summed E-state index contributed by atoms with van der Waals surface area (Å²) in [5.41, 5.74) is 2.53. The van der Waals surface area contributed by atoms with Gasteiger partial charge in [-0.3, -0.25) is 0 Å². The van der Waals surface area contributed by atoms with Crippen molar-refractivity contribution in [2.24, 2.45) is 0 Å². The van der Waals surface area contributed by atoms with Gasteiger partial charge in [0.05, 0.1) is 12.3 Å². The van der Waals surface area contributed by atoms with Crippen LogP contribution in [0.1, 0.15) is 44.2 Å². The lowest BCUT2D eigenvalue weighted by atomic mass is 9.78. The zero-order valence-electron chi connectivity index (χ0n) is 26.3. The molecule has 148 valence electrons. The Morgan fingerprint density at radius 3 is 2.07 bits per heavy atom. The minimum atomic E-state index is -0.577. The Labute approximate surface area is 190 Å². The monoisotopic (exact) mass is 399 g/mol. The predicted octanol–water partition coefficient (Wildman–Crippen LogP) is 8.53. The van der Waals surface area contributed by atoms with Crippen molar-refractivity contribution in [2.75, 3.05) is 0 Å². The molecule has 0 aliphatic rings. The van der Waals surface area contributed by atoms with E-state index in [-0.39, 0.29) is 52.9 Å². The molecule has 0 aliphatic carbocycles. The molecule has 0 unspecified atom stereocenters. The van der Waals surface area contributed by atoms with Crippen LogP contribution in [0.25, 0.3) is 44.2 Å². The molecule has 0 bridgehead atoms. The third-order valence-electron chi connectivity index (χ3n) is 5.20. The second-order valence-electron chi connectivity index (χ2n) is 8.39. The van der Waals surface area contributed by atoms with Crippen LogP contribution in [0, 0.1) is 6.92 Å². The van der Waals surface area contributed by atoms with E-state index in [9.17, 15) is 0 Å². The maximum absolute atomic E-state index is 8.72. The summed E-state index contributed by atoms with van der Waals surface area (Å²) in [7, 11) is 0. The van der Waals surface area contributed by atoms with Crippen molar-refractivity contribution in [3.05, 3.63) is 95.8 Å². The zero-order valence-corrected chi connectivity index (χ0v) is 17.3. The van der Waals surface area contributed by atoms with E-state index in [1.807, 2.05) is 20.8 Å². The average molecular weight is 400 g/mol. The quantitative estimate of drug-likeness (QED) is 0.290. The van der Waals surface area contributed by atoms with Crippen LogP contribution >= 0.6 is 0 Å². The molecule has 1 nitrogen and oxygen atoms in total. The highest BCUT2D eigenvalue weighted by Gasteiger charge is 2.26. The van der Waals surface area contributed by atoms with Crippen molar-refractivity contribution < 1.29 is 16.8 Å². The first-order chi connectivity index (χ1) is 18.2. The lowest BCUT2D eigenvalue weighted by Gasteiger charge is -2.25. The molecule has 5 aromatic rings. The molecule has 0 fully saturated rings. The zero-order chi connectivity index (χ0) is 28.7. The lowest BCUT2D eigenvalue weighted by Crippen LogP contribution is -2.13. The highest BCUT2D eigenvalue weighted by molar-refractivity contribution is 6.15. The molecule has 0 spiro atoms. The molecular weight excluding hydrogens is 364 g/mol. The fraction of sp³-hybridized carbons (Fsp3) is 0.172. The Hall–Kier alpha value is -3.32. The largest absolute Gasteiger partial charge is 0.456 e. The maximum Gasteiger partial charge on any atom is 0.136 e. The van der Waals surface area contributed by atoms with Crippen LogP contribution in [0.15, 0.2) is 89.1 Å². The molecule has 4 aromatic carbocycles. The number of hydrogen-bond donors (Lipinski definition) is 0. The molecular formula is C29H26O. The Balaban J connectivity index is 2.03. The van der Waals surface area contributed by atoms with Crippen LogP contribution in [0.2, 0.25) is 0 Å². The van der Waals surface area contributed by atoms with E-state index in [1.54, 1.807) is 37.3 Å². The van der Waals surface area contributed by atoms with Gasteiger partial charge in [0.15, 0.2) is 0 Å². The first kappa shape index (κ1) is 11.2. The van der Waals surface area contributed by atoms with E-state index >= 15 is 0 Å². The van der Waals surface area contributed by atoms with E-state index < -0.39 is 23.5 Å². The summed E-state index contributed by atoms with van der Waals surface area (Å²) in [5.74, 6) is 0. The molecule has 30 heavy (non-hydrogen) atoms. The van der Waals surface area contributed by atoms with Crippen molar-refractivity contribution >= 4 is 21.9 Å². The van der Waals surface area contributed by atoms with Gasteiger partial charge >= 0.3 is 0 Å². The van der Waals surface area contributed by atoms with Crippen LogP contribution in [0.3, 0.4) is 0 Å². The normalized spacial score (nSPS) is 16.2. The Kier molecular flexibility index (Phi) is 2.56. The third-order valence-corrected chi connectivity index (χ3v) is 5.20. The van der Waals surface area contributed by atoms with Gasteiger partial charge in [0.25, 0.3) is 0 Å². The highest BCUT2D eigenvalue weighted by Crippen LogP contribution is 2.45. The minimum Gasteiger partial charge on any atom is -0.456 e. The Morgan fingerprint density at radius 2 is 1.37 bits per heavy atom. The van der Waals surface area contributed by atoms with Crippen LogP contribution in [0.5, 0.6) is 0 Å². The fourth-order valence-electron chi connectivity index (χ4n) is 4.00. The van der Waals surface area contributed by atoms with Gasteiger partial charge in [0.1, 0.15) is 11.2 Å². The number of benzene rings is 4. The summed E-state index contributed by atoms with van der Waals surface area (Å²) in [4.78, 5) is 0. The summed E-state index contributed by atoms with van der Waals surface area (Å²) in [6.45, 7) is 7.49. The molecule has 1 heteroatoms. The smallest absolute Gasteiger partial charge is 0.136 e. The summed E-state index contributed by atoms with van der Waals surface area (Å²) in [6, 6.07) is 6.13. The number of fused-ring (bicyclic) bond motifs is 3. The van der Waals surface area contributed by atoms with Crippen LogP contribution in [-0.4, -0.2) is 0 Å². The maximum atomic E-state index is 8.72. The standard InChI is InChI=1S/C29H26O/c1-19-13-15-21(16-14-19)23-17-18-25-27(28(23)29(2,3)4)26-22(11-8-12-24(26)30-25)20-9-6-5-7-10-20/h5-18H,1-4H3/i5D,6D,7D,9D,10D,13D,14D,15D,16D. The first-order valence-corrected chi connectivity index (χ1v) is 9.81. The predicted molar refractivity (Wildman–Crippen MR) is 128 cm³/mol. The van der Waals surface area contributed by atoms with Gasteiger partial charge in [-0.05, 0) is 52.3 Å². The van der Waals surface area contributed by atoms with E-state index in [2.05, 4.69) is 0 Å². The van der Waals surface area contributed by atoms with E-state index in [4.69, 9.17) is 16.8 Å². The summed E-state index contributed by atoms with van der Waals surface area (Å²) < 4.78 is 82.1. The molecule has 1 aromatic heterocycles. The van der Waals surface area contributed by atoms with Crippen LogP contribution < -0.4 is 0 Å². The topological polar surface area (TPSA) is 13.1 Å². The molecule has 0 amide bonds. The number of rotatable bonds is 2. The molecule has 0 saturated carbocycles. The van der Waals surface area contributed by atoms with Crippen molar-refractivity contribution in [1.29, 1.82) is 0 Å². The molecule has 0 N–H and O–H groups in total.